The van der Waals surface area contributed by atoms with Crippen LogP contribution in [0.3, 0.4) is 0 Å². The van der Waals surface area contributed by atoms with Crippen molar-refractivity contribution in [3.05, 3.63) is 65.2 Å². The minimum absolute atomic E-state index is 0.0333. The molecular weight excluding hydrogens is 464 g/mol. The third kappa shape index (κ3) is 5.93. The van der Waals surface area contributed by atoms with Crippen LogP contribution in [0.1, 0.15) is 49.8 Å². The average Bonchev–Trinajstić information content (AvgIpc) is 3.34. The molecule has 0 N–H and O–H groups in total. The number of hydrogen-bond acceptors (Lipinski definition) is 5. The van der Waals surface area contributed by atoms with E-state index in [4.69, 9.17) is 4.74 Å². The van der Waals surface area contributed by atoms with E-state index in [0.717, 1.165) is 30.4 Å². The van der Waals surface area contributed by atoms with Gasteiger partial charge in [0.25, 0.3) is 5.91 Å². The molecular formula is C27H34N2O5S. The first kappa shape index (κ1) is 25.4. The van der Waals surface area contributed by atoms with Crippen LogP contribution in [0.5, 0.6) is 0 Å². The lowest BCUT2D eigenvalue weighted by Crippen LogP contribution is -2.42. The second-order valence-corrected chi connectivity index (χ2v) is 11.6. The number of fused-ring (bicyclic) bond motifs is 1. The largest absolute Gasteiger partial charge is 0.455 e. The molecule has 188 valence electrons. The molecule has 1 saturated heterocycles. The summed E-state index contributed by atoms with van der Waals surface area (Å²) >= 11 is 0. The maximum Gasteiger partial charge on any atom is 0.309 e. The first-order chi connectivity index (χ1) is 16.8. The Morgan fingerprint density at radius 2 is 1.71 bits per heavy atom. The average molecular weight is 499 g/mol. The van der Waals surface area contributed by atoms with Crippen molar-refractivity contribution >= 4 is 21.9 Å². The molecule has 0 bridgehead atoms. The van der Waals surface area contributed by atoms with Crippen LogP contribution >= 0.6 is 0 Å². The zero-order valence-corrected chi connectivity index (χ0v) is 21.3. The number of carbonyl (C=O) groups is 2. The number of nitrogens with zero attached hydrogens (tertiary/aromatic N) is 2. The Morgan fingerprint density at radius 1 is 1.03 bits per heavy atom. The molecule has 0 atom stereocenters. The summed E-state index contributed by atoms with van der Waals surface area (Å²) in [5.41, 5.74) is 3.37. The highest BCUT2D eigenvalue weighted by Crippen LogP contribution is 2.29. The number of hydrogen-bond donors (Lipinski definition) is 0. The molecule has 2 aliphatic rings. The zero-order chi connectivity index (χ0) is 25.0. The Labute approximate surface area is 208 Å². The van der Waals surface area contributed by atoms with Crippen molar-refractivity contribution in [1.29, 1.82) is 0 Å². The predicted octanol–water partition coefficient (Wildman–Crippen LogP) is 3.56. The van der Waals surface area contributed by atoms with Gasteiger partial charge in [-0.05, 0) is 74.8 Å². The third-order valence-corrected chi connectivity index (χ3v) is 8.87. The van der Waals surface area contributed by atoms with Gasteiger partial charge in [0, 0.05) is 25.7 Å². The first-order valence-electron chi connectivity index (χ1n) is 12.4. The molecule has 35 heavy (non-hydrogen) atoms. The van der Waals surface area contributed by atoms with E-state index in [1.807, 2.05) is 50.2 Å². The van der Waals surface area contributed by atoms with Crippen LogP contribution in [0.4, 0.5) is 0 Å². The number of rotatable bonds is 8. The first-order valence-corrected chi connectivity index (χ1v) is 13.8. The summed E-state index contributed by atoms with van der Waals surface area (Å²) in [6.45, 7) is 4.53. The molecule has 0 saturated carbocycles. The molecule has 2 aromatic carbocycles. The molecule has 1 amide bonds. The Bertz CT molecular complexity index is 1160. The van der Waals surface area contributed by atoms with E-state index in [2.05, 4.69) is 0 Å². The minimum atomic E-state index is -3.59. The van der Waals surface area contributed by atoms with E-state index < -0.39 is 21.9 Å². The number of amides is 1. The summed E-state index contributed by atoms with van der Waals surface area (Å²) in [5.74, 6) is -1.08. The smallest absolute Gasteiger partial charge is 0.309 e. The highest BCUT2D eigenvalue weighted by molar-refractivity contribution is 7.89. The highest BCUT2D eigenvalue weighted by Gasteiger charge is 2.33. The normalized spacial score (nSPS) is 16.8. The van der Waals surface area contributed by atoms with Gasteiger partial charge in [-0.2, -0.15) is 4.31 Å². The molecule has 7 nitrogen and oxygen atoms in total. The van der Waals surface area contributed by atoms with Gasteiger partial charge in [-0.1, -0.05) is 36.4 Å². The summed E-state index contributed by atoms with van der Waals surface area (Å²) in [7, 11) is -3.59. The van der Waals surface area contributed by atoms with E-state index in [1.54, 1.807) is 17.0 Å². The maximum atomic E-state index is 13.1. The SMILES string of the molecule is CC(C)N(Cc1ccccc1)C(=O)COC(=O)C1CCN(S(=O)(=O)c2ccc3c(c2)CCC3)CC1. The van der Waals surface area contributed by atoms with Crippen LogP contribution < -0.4 is 0 Å². The van der Waals surface area contributed by atoms with Gasteiger partial charge >= 0.3 is 5.97 Å². The Kier molecular flexibility index (Phi) is 7.91. The maximum absolute atomic E-state index is 13.1. The zero-order valence-electron chi connectivity index (χ0n) is 20.5. The second kappa shape index (κ2) is 10.9. The fourth-order valence-corrected chi connectivity index (χ4v) is 6.38. The molecule has 0 unspecified atom stereocenters. The Hall–Kier alpha value is -2.71. The second-order valence-electron chi connectivity index (χ2n) is 9.67. The number of esters is 1. The number of carbonyl (C=O) groups excluding carboxylic acids is 2. The summed E-state index contributed by atoms with van der Waals surface area (Å²) in [4.78, 5) is 27.4. The standard InChI is InChI=1S/C27H34N2O5S/c1-20(2)29(18-21-7-4-3-5-8-21)26(30)19-34-27(31)23-13-15-28(16-14-23)35(32,33)25-12-11-22-9-6-10-24(22)17-25/h3-5,7-8,11-12,17,20,23H,6,9-10,13-16,18-19H2,1-2H3. The van der Waals surface area contributed by atoms with Crippen molar-refractivity contribution in [2.75, 3.05) is 19.7 Å². The number of aryl methyl sites for hydroxylation is 2. The predicted molar refractivity (Wildman–Crippen MR) is 133 cm³/mol. The molecule has 1 fully saturated rings. The van der Waals surface area contributed by atoms with Crippen LogP contribution in [0, 0.1) is 5.92 Å². The lowest BCUT2D eigenvalue weighted by atomic mass is 9.98. The molecule has 1 heterocycles. The van der Waals surface area contributed by atoms with E-state index >= 15 is 0 Å². The van der Waals surface area contributed by atoms with Gasteiger partial charge in [0.2, 0.25) is 10.0 Å². The van der Waals surface area contributed by atoms with Gasteiger partial charge in [0.05, 0.1) is 10.8 Å². The molecule has 0 radical (unpaired) electrons. The quantitative estimate of drug-likeness (QED) is 0.520. The van der Waals surface area contributed by atoms with Crippen LogP contribution in [0.15, 0.2) is 53.4 Å². The van der Waals surface area contributed by atoms with E-state index in [1.165, 1.54) is 9.87 Å². The molecule has 8 heteroatoms. The van der Waals surface area contributed by atoms with Gasteiger partial charge in [0.15, 0.2) is 6.61 Å². The van der Waals surface area contributed by atoms with Crippen molar-refractivity contribution in [2.24, 2.45) is 5.92 Å². The van der Waals surface area contributed by atoms with Gasteiger partial charge in [-0.3, -0.25) is 9.59 Å². The van der Waals surface area contributed by atoms with Gasteiger partial charge in [0.1, 0.15) is 0 Å². The van der Waals surface area contributed by atoms with E-state index in [0.29, 0.717) is 24.3 Å². The fourth-order valence-electron chi connectivity index (χ4n) is 4.86. The monoisotopic (exact) mass is 498 g/mol. The van der Waals surface area contributed by atoms with Crippen LogP contribution in [-0.4, -0.2) is 55.2 Å². The van der Waals surface area contributed by atoms with Crippen LogP contribution in [0.2, 0.25) is 0 Å². The lowest BCUT2D eigenvalue weighted by Gasteiger charge is -2.30. The Balaban J connectivity index is 1.29. The van der Waals surface area contributed by atoms with Crippen LogP contribution in [0.25, 0.3) is 0 Å². The molecule has 1 aliphatic heterocycles. The number of sulfonamides is 1. The summed E-state index contributed by atoms with van der Waals surface area (Å²) in [6, 6.07) is 15.1. The molecule has 1 aliphatic carbocycles. The van der Waals surface area contributed by atoms with Crippen molar-refractivity contribution in [1.82, 2.24) is 9.21 Å². The third-order valence-electron chi connectivity index (χ3n) is 6.97. The van der Waals surface area contributed by atoms with Crippen molar-refractivity contribution < 1.29 is 22.7 Å². The van der Waals surface area contributed by atoms with Gasteiger partial charge < -0.3 is 9.64 Å². The molecule has 2 aromatic rings. The van der Waals surface area contributed by atoms with E-state index in [-0.39, 0.29) is 31.6 Å². The van der Waals surface area contributed by atoms with E-state index in [9.17, 15) is 18.0 Å². The minimum Gasteiger partial charge on any atom is -0.455 e. The number of piperidine rings is 1. The topological polar surface area (TPSA) is 84.0 Å². The van der Waals surface area contributed by atoms with Gasteiger partial charge in [-0.15, -0.1) is 0 Å². The summed E-state index contributed by atoms with van der Waals surface area (Å²) in [5, 5.41) is 0. The Morgan fingerprint density at radius 3 is 2.40 bits per heavy atom. The fraction of sp³-hybridized carbons (Fsp3) is 0.481. The van der Waals surface area contributed by atoms with Crippen LogP contribution in [-0.2, 0) is 43.7 Å². The van der Waals surface area contributed by atoms with Gasteiger partial charge in [-0.25, -0.2) is 8.42 Å². The molecule has 0 spiro atoms. The summed E-state index contributed by atoms with van der Waals surface area (Å²) in [6.07, 6.45) is 3.76. The number of benzene rings is 2. The molecule has 0 aromatic heterocycles. The van der Waals surface area contributed by atoms with Crippen molar-refractivity contribution in [2.45, 2.75) is 63.4 Å². The lowest BCUT2D eigenvalue weighted by molar-refractivity contribution is -0.157. The molecule has 4 rings (SSSR count). The highest BCUT2D eigenvalue weighted by atomic mass is 32.2. The summed E-state index contributed by atoms with van der Waals surface area (Å²) < 4.78 is 33.1. The van der Waals surface area contributed by atoms with Crippen molar-refractivity contribution in [3.63, 3.8) is 0 Å². The van der Waals surface area contributed by atoms with Crippen molar-refractivity contribution in [3.8, 4) is 0 Å². The number of ether oxygens (including phenoxy) is 1.